The van der Waals surface area contributed by atoms with E-state index in [4.69, 9.17) is 4.74 Å². The number of anilines is 1. The van der Waals surface area contributed by atoms with Gasteiger partial charge in [-0.15, -0.1) is 0 Å². The third-order valence-electron chi connectivity index (χ3n) is 5.62. The van der Waals surface area contributed by atoms with Gasteiger partial charge in [0.1, 0.15) is 17.3 Å². The zero-order chi connectivity index (χ0) is 27.7. The molecule has 1 atom stereocenters. The molecule has 0 fully saturated rings. The number of carbonyl (C=O) groups is 3. The van der Waals surface area contributed by atoms with Gasteiger partial charge in [0.15, 0.2) is 5.78 Å². The molecular formula is C29H33FN3O5+. The van der Waals surface area contributed by atoms with Gasteiger partial charge in [-0.3, -0.25) is 14.5 Å². The summed E-state index contributed by atoms with van der Waals surface area (Å²) in [6.45, 7) is 0.426. The molecule has 0 aromatic heterocycles. The lowest BCUT2D eigenvalue weighted by atomic mass is 10.1. The summed E-state index contributed by atoms with van der Waals surface area (Å²) in [5.74, 6) is -0.486. The quantitative estimate of drug-likeness (QED) is 0.259. The first-order valence-corrected chi connectivity index (χ1v) is 12.2. The van der Waals surface area contributed by atoms with Gasteiger partial charge in [0.05, 0.1) is 40.2 Å². The topological polar surface area (TPSA) is 95.9 Å². The van der Waals surface area contributed by atoms with Crippen LogP contribution < -0.4 is 15.0 Å². The van der Waals surface area contributed by atoms with Crippen molar-refractivity contribution < 1.29 is 33.1 Å². The monoisotopic (exact) mass is 522 g/mol. The van der Waals surface area contributed by atoms with E-state index >= 15 is 0 Å². The molecule has 0 bridgehead atoms. The van der Waals surface area contributed by atoms with E-state index < -0.39 is 23.9 Å². The first kappa shape index (κ1) is 28.3. The van der Waals surface area contributed by atoms with E-state index in [0.29, 0.717) is 33.8 Å². The van der Waals surface area contributed by atoms with Crippen molar-refractivity contribution in [2.45, 2.75) is 18.9 Å². The van der Waals surface area contributed by atoms with Crippen molar-refractivity contribution in [2.75, 3.05) is 39.1 Å². The van der Waals surface area contributed by atoms with Crippen molar-refractivity contribution in [1.82, 2.24) is 5.32 Å². The number of likely N-dealkylation sites (N-methyl/N-ethyl adjacent to an activating group) is 1. The van der Waals surface area contributed by atoms with Crippen molar-refractivity contribution in [3.63, 3.8) is 0 Å². The molecule has 3 aromatic rings. The molecule has 38 heavy (non-hydrogen) atoms. The zero-order valence-electron chi connectivity index (χ0n) is 21.8. The van der Waals surface area contributed by atoms with Crippen LogP contribution >= 0.6 is 0 Å². The normalized spacial score (nSPS) is 11.9. The number of amides is 2. The molecule has 200 valence electrons. The summed E-state index contributed by atoms with van der Waals surface area (Å²) in [6, 6.07) is 20.2. The fraction of sp³-hybridized carbons (Fsp3) is 0.276. The van der Waals surface area contributed by atoms with Gasteiger partial charge in [-0.25, -0.2) is 9.18 Å². The van der Waals surface area contributed by atoms with Crippen molar-refractivity contribution in [2.24, 2.45) is 0 Å². The van der Waals surface area contributed by atoms with Crippen LogP contribution in [0.4, 0.5) is 14.9 Å². The summed E-state index contributed by atoms with van der Waals surface area (Å²) in [7, 11) is 5.72. The Morgan fingerprint density at radius 1 is 0.921 bits per heavy atom. The van der Waals surface area contributed by atoms with Gasteiger partial charge in [-0.1, -0.05) is 18.2 Å². The van der Waals surface area contributed by atoms with Gasteiger partial charge in [-0.05, 0) is 60.7 Å². The minimum absolute atomic E-state index is 0.0136. The van der Waals surface area contributed by atoms with E-state index in [1.54, 1.807) is 24.3 Å². The largest absolute Gasteiger partial charge is 0.481 e. The number of Topliss-reactive ketones (excluding diaryl/α,β-unsaturated/α-hetero) is 1. The van der Waals surface area contributed by atoms with Crippen LogP contribution in [0.25, 0.3) is 0 Å². The first-order valence-electron chi connectivity index (χ1n) is 12.2. The third-order valence-corrected chi connectivity index (χ3v) is 5.62. The number of aliphatic carboxylic acids is 1. The minimum Gasteiger partial charge on any atom is -0.481 e. The van der Waals surface area contributed by atoms with Crippen LogP contribution in [0.15, 0.2) is 78.9 Å². The van der Waals surface area contributed by atoms with E-state index in [1.165, 1.54) is 29.2 Å². The summed E-state index contributed by atoms with van der Waals surface area (Å²) in [5, 5.41) is 12.2. The SMILES string of the molecule is C[N+](C)(C)C[C@@H](CC(=O)O)NC(=O)N(CCC(=O)c1ccc(F)cc1)c1ccc(Oc2ccccc2)cc1. The summed E-state index contributed by atoms with van der Waals surface area (Å²) < 4.78 is 19.5. The number of hydrogen-bond donors (Lipinski definition) is 2. The number of hydrogen-bond acceptors (Lipinski definition) is 4. The average Bonchev–Trinajstić information content (AvgIpc) is 2.84. The van der Waals surface area contributed by atoms with Crippen molar-refractivity contribution >= 4 is 23.5 Å². The molecule has 8 nitrogen and oxygen atoms in total. The summed E-state index contributed by atoms with van der Waals surface area (Å²) in [6.07, 6.45) is -0.256. The molecule has 3 aromatic carbocycles. The Bertz CT molecular complexity index is 1230. The fourth-order valence-electron chi connectivity index (χ4n) is 3.95. The highest BCUT2D eigenvalue weighted by molar-refractivity contribution is 5.98. The van der Waals surface area contributed by atoms with Gasteiger partial charge < -0.3 is 19.6 Å². The number of urea groups is 1. The van der Waals surface area contributed by atoms with Crippen LogP contribution in [0.1, 0.15) is 23.2 Å². The Morgan fingerprint density at radius 2 is 1.53 bits per heavy atom. The van der Waals surface area contributed by atoms with Gasteiger partial charge in [0.2, 0.25) is 0 Å². The molecule has 0 heterocycles. The Labute approximate surface area is 221 Å². The molecule has 0 saturated heterocycles. The molecule has 2 amide bonds. The van der Waals surface area contributed by atoms with Gasteiger partial charge in [-0.2, -0.15) is 0 Å². The van der Waals surface area contributed by atoms with Crippen LogP contribution in [0.5, 0.6) is 11.5 Å². The van der Waals surface area contributed by atoms with Crippen LogP contribution in [0, 0.1) is 5.82 Å². The van der Waals surface area contributed by atoms with Crippen molar-refractivity contribution in [3.8, 4) is 11.5 Å². The second-order valence-electron chi connectivity index (χ2n) is 9.96. The lowest BCUT2D eigenvalue weighted by Crippen LogP contribution is -2.53. The number of quaternary nitrogens is 1. The molecule has 0 aliphatic heterocycles. The van der Waals surface area contributed by atoms with E-state index in [2.05, 4.69) is 5.32 Å². The lowest BCUT2D eigenvalue weighted by molar-refractivity contribution is -0.871. The number of carboxylic acids is 1. The molecule has 0 aliphatic carbocycles. The fourth-order valence-corrected chi connectivity index (χ4v) is 3.95. The Hall–Kier alpha value is -4.24. The summed E-state index contributed by atoms with van der Waals surface area (Å²) >= 11 is 0. The van der Waals surface area contributed by atoms with Crippen molar-refractivity contribution in [1.29, 1.82) is 0 Å². The highest BCUT2D eigenvalue weighted by Gasteiger charge is 2.26. The van der Waals surface area contributed by atoms with E-state index in [1.807, 2.05) is 51.5 Å². The third kappa shape index (κ3) is 9.01. The molecule has 0 spiro atoms. The van der Waals surface area contributed by atoms with Crippen LogP contribution in [0.3, 0.4) is 0 Å². The van der Waals surface area contributed by atoms with E-state index in [-0.39, 0.29) is 25.2 Å². The number of carbonyl (C=O) groups excluding carboxylic acids is 2. The van der Waals surface area contributed by atoms with E-state index in [0.717, 1.165) is 0 Å². The first-order chi connectivity index (χ1) is 18.0. The van der Waals surface area contributed by atoms with Crippen LogP contribution in [-0.2, 0) is 4.79 Å². The summed E-state index contributed by atoms with van der Waals surface area (Å²) in [5.41, 5.74) is 0.848. The Balaban J connectivity index is 1.80. The predicted molar refractivity (Wildman–Crippen MR) is 143 cm³/mol. The average molecular weight is 523 g/mol. The number of ether oxygens (including phenoxy) is 1. The number of halogens is 1. The molecule has 2 N–H and O–H groups in total. The van der Waals surface area contributed by atoms with Gasteiger partial charge in [0.25, 0.3) is 0 Å². The Morgan fingerprint density at radius 3 is 2.11 bits per heavy atom. The lowest BCUT2D eigenvalue weighted by Gasteiger charge is -2.31. The van der Waals surface area contributed by atoms with Crippen LogP contribution in [0.2, 0.25) is 0 Å². The minimum atomic E-state index is -1.02. The number of nitrogens with one attached hydrogen (secondary N) is 1. The number of carboxylic acid groups (broad SMARTS) is 1. The molecule has 9 heteroatoms. The highest BCUT2D eigenvalue weighted by atomic mass is 19.1. The highest BCUT2D eigenvalue weighted by Crippen LogP contribution is 2.25. The maximum Gasteiger partial charge on any atom is 0.322 e. The maximum absolute atomic E-state index is 13.4. The smallest absolute Gasteiger partial charge is 0.322 e. The number of ketones is 1. The Kier molecular flexibility index (Phi) is 9.56. The van der Waals surface area contributed by atoms with E-state index in [9.17, 15) is 23.9 Å². The molecule has 0 unspecified atom stereocenters. The van der Waals surface area contributed by atoms with Gasteiger partial charge in [0, 0.05) is 24.2 Å². The number of rotatable bonds is 12. The molecule has 0 radical (unpaired) electrons. The zero-order valence-corrected chi connectivity index (χ0v) is 21.8. The standard InChI is InChI=1S/C29H32FN3O5/c1-33(2,3)20-23(19-28(35)36)31-29(37)32(18-17-27(34)21-9-11-22(30)12-10-21)24-13-15-26(16-14-24)38-25-7-5-4-6-8-25/h4-16,23H,17-20H2,1-3H3,(H-,31,35,36,37)/p+1/t23-/m1/s1. The molecular weight excluding hydrogens is 489 g/mol. The molecule has 0 aliphatic rings. The predicted octanol–water partition coefficient (Wildman–Crippen LogP) is 4.96. The van der Waals surface area contributed by atoms with Crippen molar-refractivity contribution in [3.05, 3.63) is 90.2 Å². The number of para-hydroxylation sites is 1. The molecule has 0 saturated carbocycles. The van der Waals surface area contributed by atoms with Gasteiger partial charge >= 0.3 is 12.0 Å². The number of benzene rings is 3. The number of nitrogens with zero attached hydrogens (tertiary/aromatic N) is 2. The summed E-state index contributed by atoms with van der Waals surface area (Å²) in [4.78, 5) is 39.0. The van der Waals surface area contributed by atoms with Crippen LogP contribution in [-0.4, -0.2) is 67.6 Å². The maximum atomic E-state index is 13.4. The second-order valence-corrected chi connectivity index (χ2v) is 9.96. The second kappa shape index (κ2) is 12.8. The molecule has 3 rings (SSSR count).